The maximum absolute atomic E-state index is 4.34. The third-order valence-electron chi connectivity index (χ3n) is 2.53. The first-order valence-corrected chi connectivity index (χ1v) is 6.72. The standard InChI is InChI=1S/C12H18N4S/c1-3-12-14-9-11(17-12)8-13-6-4-10-5-7-16(2)15-10/h5,7,9,13H,3-4,6,8H2,1-2H3. The van der Waals surface area contributed by atoms with Gasteiger partial charge in [0.2, 0.25) is 0 Å². The van der Waals surface area contributed by atoms with E-state index in [2.05, 4.69) is 28.4 Å². The van der Waals surface area contributed by atoms with Gasteiger partial charge >= 0.3 is 0 Å². The fourth-order valence-electron chi connectivity index (χ4n) is 1.62. The van der Waals surface area contributed by atoms with Crippen LogP contribution in [0.25, 0.3) is 0 Å². The fourth-order valence-corrected chi connectivity index (χ4v) is 2.45. The van der Waals surface area contributed by atoms with Crippen molar-refractivity contribution in [2.24, 2.45) is 7.05 Å². The summed E-state index contributed by atoms with van der Waals surface area (Å²) in [7, 11) is 1.94. The highest BCUT2D eigenvalue weighted by Gasteiger charge is 2.00. The Kier molecular flexibility index (Phi) is 4.28. The highest BCUT2D eigenvalue weighted by molar-refractivity contribution is 7.11. The summed E-state index contributed by atoms with van der Waals surface area (Å²) in [6.45, 7) is 4.00. The van der Waals surface area contributed by atoms with Crippen molar-refractivity contribution >= 4 is 11.3 Å². The van der Waals surface area contributed by atoms with E-state index < -0.39 is 0 Å². The van der Waals surface area contributed by atoms with Crippen LogP contribution in [0, 0.1) is 0 Å². The van der Waals surface area contributed by atoms with Crippen molar-refractivity contribution < 1.29 is 0 Å². The predicted octanol–water partition coefficient (Wildman–Crippen LogP) is 1.77. The molecule has 2 heterocycles. The molecule has 1 N–H and O–H groups in total. The van der Waals surface area contributed by atoms with Gasteiger partial charge in [-0.3, -0.25) is 4.68 Å². The number of thiazole rings is 1. The van der Waals surface area contributed by atoms with Gasteiger partial charge in [0.15, 0.2) is 0 Å². The second-order valence-electron chi connectivity index (χ2n) is 3.98. The molecular weight excluding hydrogens is 232 g/mol. The summed E-state index contributed by atoms with van der Waals surface area (Å²) in [6.07, 6.45) is 5.95. The van der Waals surface area contributed by atoms with E-state index in [9.17, 15) is 0 Å². The van der Waals surface area contributed by atoms with Gasteiger partial charge in [-0.25, -0.2) is 4.98 Å². The molecule has 0 fully saturated rings. The van der Waals surface area contributed by atoms with Gasteiger partial charge < -0.3 is 5.32 Å². The second-order valence-corrected chi connectivity index (χ2v) is 5.18. The Bertz CT molecular complexity index is 461. The van der Waals surface area contributed by atoms with Crippen molar-refractivity contribution in [1.29, 1.82) is 0 Å². The van der Waals surface area contributed by atoms with Gasteiger partial charge in [0, 0.05) is 43.8 Å². The van der Waals surface area contributed by atoms with Crippen molar-refractivity contribution in [2.75, 3.05) is 6.54 Å². The van der Waals surface area contributed by atoms with E-state index in [0.29, 0.717) is 0 Å². The Morgan fingerprint density at radius 3 is 3.00 bits per heavy atom. The molecule has 0 unspecified atom stereocenters. The van der Waals surface area contributed by atoms with E-state index in [0.717, 1.165) is 31.6 Å². The molecule has 0 saturated carbocycles. The van der Waals surface area contributed by atoms with Crippen LogP contribution >= 0.6 is 11.3 Å². The lowest BCUT2D eigenvalue weighted by Gasteiger charge is -2.00. The molecule has 0 amide bonds. The molecule has 0 spiro atoms. The molecule has 0 atom stereocenters. The van der Waals surface area contributed by atoms with Crippen LogP contribution < -0.4 is 5.32 Å². The monoisotopic (exact) mass is 250 g/mol. The minimum absolute atomic E-state index is 0.907. The normalized spacial score (nSPS) is 10.9. The lowest BCUT2D eigenvalue weighted by Crippen LogP contribution is -2.16. The second kappa shape index (κ2) is 5.93. The van der Waals surface area contributed by atoms with Crippen LogP contribution in [0.15, 0.2) is 18.5 Å². The molecule has 0 saturated heterocycles. The van der Waals surface area contributed by atoms with Gasteiger partial charge in [-0.05, 0) is 12.5 Å². The predicted molar refractivity (Wildman–Crippen MR) is 70.1 cm³/mol. The molecule has 5 heteroatoms. The molecule has 17 heavy (non-hydrogen) atoms. The van der Waals surface area contributed by atoms with E-state index in [-0.39, 0.29) is 0 Å². The molecule has 4 nitrogen and oxygen atoms in total. The maximum atomic E-state index is 4.34. The number of nitrogens with one attached hydrogen (secondary N) is 1. The Balaban J connectivity index is 1.69. The van der Waals surface area contributed by atoms with Gasteiger partial charge in [-0.1, -0.05) is 6.92 Å². The van der Waals surface area contributed by atoms with E-state index >= 15 is 0 Å². The molecular formula is C12H18N4S. The lowest BCUT2D eigenvalue weighted by atomic mass is 10.3. The topological polar surface area (TPSA) is 42.7 Å². The molecule has 0 aromatic carbocycles. The Morgan fingerprint density at radius 2 is 2.35 bits per heavy atom. The van der Waals surface area contributed by atoms with Gasteiger partial charge in [0.05, 0.1) is 10.7 Å². The molecule has 2 aromatic rings. The minimum Gasteiger partial charge on any atom is -0.311 e. The summed E-state index contributed by atoms with van der Waals surface area (Å²) in [6, 6.07) is 2.06. The smallest absolute Gasteiger partial charge is 0.0925 e. The van der Waals surface area contributed by atoms with Crippen LogP contribution in [0.2, 0.25) is 0 Å². The van der Waals surface area contributed by atoms with Crippen LogP contribution in [-0.4, -0.2) is 21.3 Å². The molecule has 0 aliphatic heterocycles. The summed E-state index contributed by atoms with van der Waals surface area (Å²) in [5.41, 5.74) is 1.14. The quantitative estimate of drug-likeness (QED) is 0.795. The minimum atomic E-state index is 0.907. The van der Waals surface area contributed by atoms with Crippen molar-refractivity contribution in [3.8, 4) is 0 Å². The van der Waals surface area contributed by atoms with Gasteiger partial charge in [-0.2, -0.15) is 5.10 Å². The third kappa shape index (κ3) is 3.64. The average molecular weight is 250 g/mol. The SMILES string of the molecule is CCc1ncc(CNCCc2ccn(C)n2)s1. The Hall–Kier alpha value is -1.20. The van der Waals surface area contributed by atoms with Crippen LogP contribution in [-0.2, 0) is 26.4 Å². The van der Waals surface area contributed by atoms with Crippen LogP contribution in [0.5, 0.6) is 0 Å². The molecule has 0 aliphatic rings. The number of hydrogen-bond acceptors (Lipinski definition) is 4. The molecule has 0 aliphatic carbocycles. The van der Waals surface area contributed by atoms with E-state index in [1.165, 1.54) is 9.88 Å². The van der Waals surface area contributed by atoms with Gasteiger partial charge in [-0.15, -0.1) is 11.3 Å². The summed E-state index contributed by atoms with van der Waals surface area (Å²) in [5.74, 6) is 0. The fraction of sp³-hybridized carbons (Fsp3) is 0.500. The first kappa shape index (κ1) is 12.3. The van der Waals surface area contributed by atoms with Crippen LogP contribution in [0.3, 0.4) is 0 Å². The highest BCUT2D eigenvalue weighted by Crippen LogP contribution is 2.12. The lowest BCUT2D eigenvalue weighted by molar-refractivity contribution is 0.669. The Morgan fingerprint density at radius 1 is 1.47 bits per heavy atom. The molecule has 2 aromatic heterocycles. The number of nitrogens with zero attached hydrogens (tertiary/aromatic N) is 3. The van der Waals surface area contributed by atoms with Crippen molar-refractivity contribution in [1.82, 2.24) is 20.1 Å². The zero-order valence-electron chi connectivity index (χ0n) is 10.3. The molecule has 2 rings (SSSR count). The number of rotatable bonds is 6. The number of hydrogen-bond donors (Lipinski definition) is 1. The average Bonchev–Trinajstić information content (AvgIpc) is 2.93. The largest absolute Gasteiger partial charge is 0.311 e. The van der Waals surface area contributed by atoms with Crippen molar-refractivity contribution in [3.63, 3.8) is 0 Å². The van der Waals surface area contributed by atoms with E-state index in [1.54, 1.807) is 11.3 Å². The van der Waals surface area contributed by atoms with Gasteiger partial charge in [0.1, 0.15) is 0 Å². The summed E-state index contributed by atoms with van der Waals surface area (Å²) >= 11 is 1.79. The first-order chi connectivity index (χ1) is 8.28. The molecule has 0 radical (unpaired) electrons. The number of aryl methyl sites for hydroxylation is 2. The zero-order chi connectivity index (χ0) is 12.1. The van der Waals surface area contributed by atoms with Gasteiger partial charge in [0.25, 0.3) is 0 Å². The maximum Gasteiger partial charge on any atom is 0.0925 e. The van der Waals surface area contributed by atoms with Crippen molar-refractivity contribution in [2.45, 2.75) is 26.3 Å². The molecule has 92 valence electrons. The molecule has 0 bridgehead atoms. The van der Waals surface area contributed by atoms with E-state index in [4.69, 9.17) is 0 Å². The zero-order valence-corrected chi connectivity index (χ0v) is 11.1. The Labute approximate surface area is 106 Å². The van der Waals surface area contributed by atoms with Crippen molar-refractivity contribution in [3.05, 3.63) is 34.0 Å². The third-order valence-corrected chi connectivity index (χ3v) is 3.67. The highest BCUT2D eigenvalue weighted by atomic mass is 32.1. The number of aromatic nitrogens is 3. The van der Waals surface area contributed by atoms with Crippen LogP contribution in [0.4, 0.5) is 0 Å². The summed E-state index contributed by atoms with van der Waals surface area (Å²) < 4.78 is 1.84. The summed E-state index contributed by atoms with van der Waals surface area (Å²) in [4.78, 5) is 5.65. The first-order valence-electron chi connectivity index (χ1n) is 5.90. The van der Waals surface area contributed by atoms with Crippen LogP contribution in [0.1, 0.15) is 22.5 Å². The van der Waals surface area contributed by atoms with E-state index in [1.807, 2.05) is 24.1 Å². The summed E-state index contributed by atoms with van der Waals surface area (Å²) in [5, 5.41) is 8.97.